The van der Waals surface area contributed by atoms with Crippen molar-refractivity contribution in [1.82, 2.24) is 10.2 Å². The van der Waals surface area contributed by atoms with Gasteiger partial charge in [-0.3, -0.25) is 4.90 Å². The highest BCUT2D eigenvalue weighted by atomic mass is 16.3. The molecule has 1 aromatic rings. The van der Waals surface area contributed by atoms with E-state index in [0.29, 0.717) is 17.8 Å². The third-order valence-electron chi connectivity index (χ3n) is 4.93. The third-order valence-corrected chi connectivity index (χ3v) is 4.93. The Kier molecular flexibility index (Phi) is 4.81. The first-order valence-electron chi connectivity index (χ1n) is 8.53. The number of hydrogen-bond acceptors (Lipinski definition) is 3. The van der Waals surface area contributed by atoms with Gasteiger partial charge in [-0.15, -0.1) is 0 Å². The van der Waals surface area contributed by atoms with Crippen LogP contribution in [0.15, 0.2) is 24.3 Å². The molecule has 3 heteroatoms. The summed E-state index contributed by atoms with van der Waals surface area (Å²) in [5.74, 6) is 1.33. The van der Waals surface area contributed by atoms with Crippen LogP contribution in [0, 0.1) is 5.92 Å². The number of phenols is 1. The summed E-state index contributed by atoms with van der Waals surface area (Å²) in [6, 6.07) is 8.83. The van der Waals surface area contributed by atoms with Crippen molar-refractivity contribution in [2.45, 2.75) is 51.1 Å². The van der Waals surface area contributed by atoms with Crippen molar-refractivity contribution in [3.05, 3.63) is 29.8 Å². The number of nitrogens with one attached hydrogen (secondary N) is 1. The molecule has 3 rings (SSSR count). The average Bonchev–Trinajstić information content (AvgIpc) is 3.15. The van der Waals surface area contributed by atoms with Crippen LogP contribution < -0.4 is 5.32 Å². The standard InChI is InChI=1S/C18H28N2O/c1-2-17(16-7-3-4-8-18(16)21)20(12-14-9-10-14)13-15-6-5-11-19-15/h3-4,7-8,14-15,17,19,21H,2,5-6,9-13H2,1H3. The normalized spacial score (nSPS) is 23.6. The zero-order valence-electron chi connectivity index (χ0n) is 13.1. The Morgan fingerprint density at radius 2 is 2.05 bits per heavy atom. The molecule has 1 saturated heterocycles. The number of para-hydroxylation sites is 1. The summed E-state index contributed by atoms with van der Waals surface area (Å²) in [6.07, 6.45) is 6.41. The van der Waals surface area contributed by atoms with Crippen molar-refractivity contribution < 1.29 is 5.11 Å². The molecule has 1 saturated carbocycles. The number of hydrogen-bond donors (Lipinski definition) is 2. The Bertz CT molecular complexity index is 452. The lowest BCUT2D eigenvalue weighted by Gasteiger charge is -2.34. The maximum Gasteiger partial charge on any atom is 0.120 e. The zero-order chi connectivity index (χ0) is 14.7. The fourth-order valence-electron chi connectivity index (χ4n) is 3.60. The van der Waals surface area contributed by atoms with E-state index in [1.807, 2.05) is 18.2 Å². The molecule has 3 nitrogen and oxygen atoms in total. The fraction of sp³-hybridized carbons (Fsp3) is 0.667. The number of aromatic hydroxyl groups is 1. The van der Waals surface area contributed by atoms with Gasteiger partial charge in [0.1, 0.15) is 5.75 Å². The molecule has 0 aromatic heterocycles. The molecule has 1 aliphatic carbocycles. The fourth-order valence-corrected chi connectivity index (χ4v) is 3.60. The molecule has 0 radical (unpaired) electrons. The van der Waals surface area contributed by atoms with Crippen LogP contribution >= 0.6 is 0 Å². The van der Waals surface area contributed by atoms with Crippen LogP contribution in [0.1, 0.15) is 50.6 Å². The maximum atomic E-state index is 10.2. The second-order valence-corrected chi connectivity index (χ2v) is 6.67. The van der Waals surface area contributed by atoms with Crippen LogP contribution in [0.2, 0.25) is 0 Å². The van der Waals surface area contributed by atoms with E-state index in [2.05, 4.69) is 23.2 Å². The van der Waals surface area contributed by atoms with Crippen LogP contribution in [0.25, 0.3) is 0 Å². The molecule has 1 heterocycles. The Morgan fingerprint density at radius 3 is 2.67 bits per heavy atom. The molecule has 2 N–H and O–H groups in total. The van der Waals surface area contributed by atoms with E-state index in [4.69, 9.17) is 0 Å². The molecule has 2 atom stereocenters. The van der Waals surface area contributed by atoms with Gasteiger partial charge in [0.2, 0.25) is 0 Å². The van der Waals surface area contributed by atoms with E-state index >= 15 is 0 Å². The highest BCUT2D eigenvalue weighted by molar-refractivity contribution is 5.34. The van der Waals surface area contributed by atoms with Crippen LogP contribution in [0.5, 0.6) is 5.75 Å². The van der Waals surface area contributed by atoms with Gasteiger partial charge >= 0.3 is 0 Å². The third kappa shape index (κ3) is 3.78. The van der Waals surface area contributed by atoms with Gasteiger partial charge in [-0.1, -0.05) is 25.1 Å². The quantitative estimate of drug-likeness (QED) is 0.808. The van der Waals surface area contributed by atoms with Crippen molar-refractivity contribution in [2.24, 2.45) is 5.92 Å². The van der Waals surface area contributed by atoms with Gasteiger partial charge in [-0.05, 0) is 50.6 Å². The van der Waals surface area contributed by atoms with Crippen molar-refractivity contribution in [3.8, 4) is 5.75 Å². The highest BCUT2D eigenvalue weighted by Crippen LogP contribution is 2.36. The van der Waals surface area contributed by atoms with Gasteiger partial charge < -0.3 is 10.4 Å². The summed E-state index contributed by atoms with van der Waals surface area (Å²) < 4.78 is 0. The zero-order valence-corrected chi connectivity index (χ0v) is 13.1. The molecule has 116 valence electrons. The van der Waals surface area contributed by atoms with E-state index in [1.54, 1.807) is 0 Å². The molecule has 0 spiro atoms. The van der Waals surface area contributed by atoms with Gasteiger partial charge in [0.25, 0.3) is 0 Å². The van der Waals surface area contributed by atoms with Crippen molar-refractivity contribution in [2.75, 3.05) is 19.6 Å². The van der Waals surface area contributed by atoms with E-state index in [9.17, 15) is 5.11 Å². The first kappa shape index (κ1) is 14.9. The summed E-state index contributed by atoms with van der Waals surface area (Å²) >= 11 is 0. The minimum atomic E-state index is 0.342. The smallest absolute Gasteiger partial charge is 0.120 e. The summed E-state index contributed by atoms with van der Waals surface area (Å²) in [6.45, 7) is 5.70. The van der Waals surface area contributed by atoms with Crippen LogP contribution in [-0.4, -0.2) is 35.7 Å². The van der Waals surface area contributed by atoms with Gasteiger partial charge in [-0.25, -0.2) is 0 Å². The largest absolute Gasteiger partial charge is 0.508 e. The topological polar surface area (TPSA) is 35.5 Å². The molecule has 2 fully saturated rings. The SMILES string of the molecule is CCC(c1ccccc1O)N(CC1CC1)CC1CCCN1. The second kappa shape index (κ2) is 6.80. The Labute approximate surface area is 128 Å². The summed E-state index contributed by atoms with van der Waals surface area (Å²) in [7, 11) is 0. The monoisotopic (exact) mass is 288 g/mol. The van der Waals surface area contributed by atoms with Gasteiger partial charge in [0.05, 0.1) is 0 Å². The molecular formula is C18H28N2O. The van der Waals surface area contributed by atoms with Crippen LogP contribution in [0.3, 0.4) is 0 Å². The second-order valence-electron chi connectivity index (χ2n) is 6.67. The predicted molar refractivity (Wildman–Crippen MR) is 86.5 cm³/mol. The predicted octanol–water partition coefficient (Wildman–Crippen LogP) is 3.31. The summed E-state index contributed by atoms with van der Waals surface area (Å²) in [5, 5.41) is 13.9. The van der Waals surface area contributed by atoms with Crippen LogP contribution in [0.4, 0.5) is 0 Å². The molecule has 2 aliphatic rings. The van der Waals surface area contributed by atoms with Crippen molar-refractivity contribution >= 4 is 0 Å². The molecule has 0 bridgehead atoms. The molecule has 2 unspecified atom stereocenters. The van der Waals surface area contributed by atoms with E-state index in [1.165, 1.54) is 32.2 Å². The van der Waals surface area contributed by atoms with Crippen LogP contribution in [-0.2, 0) is 0 Å². The van der Waals surface area contributed by atoms with Gasteiger partial charge in [0, 0.05) is 30.7 Å². The summed E-state index contributed by atoms with van der Waals surface area (Å²) in [4.78, 5) is 2.62. The first-order chi connectivity index (χ1) is 10.3. The average molecular weight is 288 g/mol. The molecule has 0 amide bonds. The van der Waals surface area contributed by atoms with E-state index in [0.717, 1.165) is 31.0 Å². The van der Waals surface area contributed by atoms with E-state index in [-0.39, 0.29) is 0 Å². The first-order valence-corrected chi connectivity index (χ1v) is 8.53. The number of nitrogens with zero attached hydrogens (tertiary/aromatic N) is 1. The Hall–Kier alpha value is -1.06. The van der Waals surface area contributed by atoms with E-state index < -0.39 is 0 Å². The molecule has 21 heavy (non-hydrogen) atoms. The molecule has 1 aromatic carbocycles. The lowest BCUT2D eigenvalue weighted by atomic mass is 10.00. The summed E-state index contributed by atoms with van der Waals surface area (Å²) in [5.41, 5.74) is 1.10. The number of benzene rings is 1. The minimum absolute atomic E-state index is 0.342. The molecular weight excluding hydrogens is 260 g/mol. The number of rotatable bonds is 7. The van der Waals surface area contributed by atoms with Gasteiger partial charge in [-0.2, -0.15) is 0 Å². The number of phenolic OH excluding ortho intramolecular Hbond substituents is 1. The lowest BCUT2D eigenvalue weighted by Crippen LogP contribution is -2.40. The Morgan fingerprint density at radius 1 is 1.24 bits per heavy atom. The van der Waals surface area contributed by atoms with Gasteiger partial charge in [0.15, 0.2) is 0 Å². The highest BCUT2D eigenvalue weighted by Gasteiger charge is 2.31. The minimum Gasteiger partial charge on any atom is -0.508 e. The van der Waals surface area contributed by atoms with Crippen molar-refractivity contribution in [3.63, 3.8) is 0 Å². The maximum absolute atomic E-state index is 10.2. The lowest BCUT2D eigenvalue weighted by molar-refractivity contribution is 0.165. The van der Waals surface area contributed by atoms with Crippen molar-refractivity contribution in [1.29, 1.82) is 0 Å². The Balaban J connectivity index is 1.76. The molecule has 1 aliphatic heterocycles.